The molecule has 3 heterocycles. The van der Waals surface area contributed by atoms with Crippen LogP contribution in [-0.2, 0) is 0 Å². The van der Waals surface area contributed by atoms with Gasteiger partial charge < -0.3 is 4.42 Å². The number of benzene rings is 7. The molecule has 258 valence electrons. The normalized spacial score (nSPS) is 11.3. The van der Waals surface area contributed by atoms with Gasteiger partial charge in [0.25, 0.3) is 0 Å². The largest absolute Gasteiger partial charge is 0.452 e. The van der Waals surface area contributed by atoms with E-state index in [0.29, 0.717) is 17.2 Å². The van der Waals surface area contributed by atoms with Crippen molar-refractivity contribution in [3.8, 4) is 78.8 Å². The second-order valence-electron chi connectivity index (χ2n) is 13.5. The molecule has 5 heteroatoms. The summed E-state index contributed by atoms with van der Waals surface area (Å²) in [5, 5.41) is 0.971. The van der Waals surface area contributed by atoms with Crippen LogP contribution in [0.4, 0.5) is 0 Å². The smallest absolute Gasteiger partial charge is 0.180 e. The van der Waals surface area contributed by atoms with Crippen molar-refractivity contribution in [2.75, 3.05) is 0 Å². The average molecular weight is 705 g/mol. The van der Waals surface area contributed by atoms with Crippen LogP contribution in [0.3, 0.4) is 0 Å². The molecule has 0 N–H and O–H groups in total. The molecule has 0 aliphatic rings. The monoisotopic (exact) mass is 704 g/mol. The van der Waals surface area contributed by atoms with Crippen LogP contribution >= 0.6 is 0 Å². The van der Waals surface area contributed by atoms with Gasteiger partial charge in [0.15, 0.2) is 17.2 Å². The molecule has 0 spiro atoms. The Kier molecular flexibility index (Phi) is 8.08. The Morgan fingerprint density at radius 3 is 1.36 bits per heavy atom. The minimum Gasteiger partial charge on any atom is -0.452 e. The maximum atomic E-state index is 6.43. The topological polar surface area (TPSA) is 64.7 Å². The highest BCUT2D eigenvalue weighted by Crippen LogP contribution is 2.38. The fraction of sp³-hybridized carbons (Fsp3) is 0. The molecule has 10 rings (SSSR count). The third kappa shape index (κ3) is 6.24. The van der Waals surface area contributed by atoms with Crippen LogP contribution in [0.5, 0.6) is 0 Å². The van der Waals surface area contributed by atoms with Crippen molar-refractivity contribution in [1.29, 1.82) is 0 Å². The number of fused-ring (bicyclic) bond motifs is 3. The highest BCUT2D eigenvalue weighted by Gasteiger charge is 2.19. The quantitative estimate of drug-likeness (QED) is 0.165. The molecule has 0 fully saturated rings. The number of rotatable bonds is 7. The van der Waals surface area contributed by atoms with E-state index >= 15 is 0 Å². The summed E-state index contributed by atoms with van der Waals surface area (Å²) >= 11 is 0. The lowest BCUT2D eigenvalue weighted by Crippen LogP contribution is -1.96. The third-order valence-corrected chi connectivity index (χ3v) is 9.90. The minimum atomic E-state index is 0.664. The third-order valence-electron chi connectivity index (χ3n) is 9.90. The van der Waals surface area contributed by atoms with Crippen LogP contribution in [0.15, 0.2) is 199 Å². The standard InChI is InChI=1S/C50H32N4O/c1-4-15-33(16-5-1)43-32-44(52-49(51-43)34-17-6-2-7-18-34)40-25-13-23-38(30-40)36-21-12-22-37(29-36)39-24-14-26-41(31-39)46-48-47(42-27-10-11-28-45(42)55-48)54-50(53-46)35-19-8-3-9-20-35/h1-32H. The van der Waals surface area contributed by atoms with Crippen LogP contribution in [0.25, 0.3) is 101 Å². The minimum absolute atomic E-state index is 0.664. The summed E-state index contributed by atoms with van der Waals surface area (Å²) in [6, 6.07) is 66.4. The zero-order valence-corrected chi connectivity index (χ0v) is 29.7. The summed E-state index contributed by atoms with van der Waals surface area (Å²) in [7, 11) is 0. The first-order valence-electron chi connectivity index (χ1n) is 18.3. The van der Waals surface area contributed by atoms with Crippen molar-refractivity contribution in [2.24, 2.45) is 0 Å². The molecule has 0 unspecified atom stereocenters. The molecule has 0 aliphatic carbocycles. The van der Waals surface area contributed by atoms with Crippen molar-refractivity contribution in [3.05, 3.63) is 194 Å². The molecular weight excluding hydrogens is 673 g/mol. The molecule has 10 aromatic rings. The van der Waals surface area contributed by atoms with E-state index in [1.165, 1.54) is 0 Å². The summed E-state index contributed by atoms with van der Waals surface area (Å²) in [5.41, 5.74) is 14.2. The molecule has 5 nitrogen and oxygen atoms in total. The molecule has 0 radical (unpaired) electrons. The van der Waals surface area contributed by atoms with Crippen molar-refractivity contribution >= 4 is 22.1 Å². The molecular formula is C50H32N4O. The van der Waals surface area contributed by atoms with E-state index < -0.39 is 0 Å². The lowest BCUT2D eigenvalue weighted by molar-refractivity contribution is 0.667. The number of aromatic nitrogens is 4. The van der Waals surface area contributed by atoms with Gasteiger partial charge in [0.1, 0.15) is 16.8 Å². The van der Waals surface area contributed by atoms with Crippen molar-refractivity contribution < 1.29 is 4.42 Å². The van der Waals surface area contributed by atoms with Gasteiger partial charge in [0, 0.05) is 33.2 Å². The summed E-state index contributed by atoms with van der Waals surface area (Å²) < 4.78 is 6.43. The van der Waals surface area contributed by atoms with Crippen LogP contribution < -0.4 is 0 Å². The average Bonchev–Trinajstić information content (AvgIpc) is 3.66. The van der Waals surface area contributed by atoms with Crippen molar-refractivity contribution in [1.82, 2.24) is 19.9 Å². The summed E-state index contributed by atoms with van der Waals surface area (Å²) in [6.45, 7) is 0. The molecule has 55 heavy (non-hydrogen) atoms. The number of furan rings is 1. The van der Waals surface area contributed by atoms with Crippen molar-refractivity contribution in [2.45, 2.75) is 0 Å². The lowest BCUT2D eigenvalue weighted by Gasteiger charge is -2.12. The van der Waals surface area contributed by atoms with E-state index in [1.54, 1.807) is 0 Å². The molecule has 3 aromatic heterocycles. The van der Waals surface area contributed by atoms with E-state index in [9.17, 15) is 0 Å². The van der Waals surface area contributed by atoms with Gasteiger partial charge in [-0.3, -0.25) is 0 Å². The van der Waals surface area contributed by atoms with Crippen LogP contribution in [0, 0.1) is 0 Å². The Labute approximate surface area is 318 Å². The second-order valence-corrected chi connectivity index (χ2v) is 13.5. The lowest BCUT2D eigenvalue weighted by atomic mass is 9.96. The summed E-state index contributed by atoms with van der Waals surface area (Å²) in [4.78, 5) is 20.2. The fourth-order valence-corrected chi connectivity index (χ4v) is 7.15. The fourth-order valence-electron chi connectivity index (χ4n) is 7.15. The Bertz CT molecular complexity index is 2920. The van der Waals surface area contributed by atoms with Crippen molar-refractivity contribution in [3.63, 3.8) is 0 Å². The van der Waals surface area contributed by atoms with Gasteiger partial charge in [-0.15, -0.1) is 0 Å². The first-order valence-corrected chi connectivity index (χ1v) is 18.3. The number of para-hydroxylation sites is 1. The van der Waals surface area contributed by atoms with E-state index in [4.69, 9.17) is 24.4 Å². The first kappa shape index (κ1) is 32.2. The molecule has 0 amide bonds. The van der Waals surface area contributed by atoms with E-state index in [2.05, 4.69) is 109 Å². The second kappa shape index (κ2) is 13.8. The van der Waals surface area contributed by atoms with Gasteiger partial charge in [-0.1, -0.05) is 158 Å². The van der Waals surface area contributed by atoms with Gasteiger partial charge in [-0.25, -0.2) is 19.9 Å². The van der Waals surface area contributed by atoms with Gasteiger partial charge >= 0.3 is 0 Å². The molecule has 7 aromatic carbocycles. The van der Waals surface area contributed by atoms with E-state index in [0.717, 1.165) is 83.6 Å². The predicted octanol–water partition coefficient (Wildman–Crippen LogP) is 12.8. The SMILES string of the molecule is c1ccc(-c2cc(-c3cccc(-c4cccc(-c5cccc(-c6nc(-c7ccccc7)nc7c6oc6ccccc67)c5)c4)c3)nc(-c3ccccc3)n2)cc1. The van der Waals surface area contributed by atoms with E-state index in [1.807, 2.05) is 84.9 Å². The molecule has 0 aliphatic heterocycles. The highest BCUT2D eigenvalue weighted by molar-refractivity contribution is 6.07. The molecule has 0 atom stereocenters. The Hall–Kier alpha value is -7.50. The number of hydrogen-bond donors (Lipinski definition) is 0. The van der Waals surface area contributed by atoms with Gasteiger partial charge in [-0.2, -0.15) is 0 Å². The number of hydrogen-bond acceptors (Lipinski definition) is 5. The maximum Gasteiger partial charge on any atom is 0.180 e. The zero-order chi connectivity index (χ0) is 36.6. The molecule has 0 saturated carbocycles. The summed E-state index contributed by atoms with van der Waals surface area (Å²) in [5.74, 6) is 1.36. The first-order chi connectivity index (χ1) is 27.2. The Morgan fingerprint density at radius 1 is 0.309 bits per heavy atom. The van der Waals surface area contributed by atoms with Crippen LogP contribution in [0.2, 0.25) is 0 Å². The van der Waals surface area contributed by atoms with Crippen LogP contribution in [-0.4, -0.2) is 19.9 Å². The van der Waals surface area contributed by atoms with Gasteiger partial charge in [0.2, 0.25) is 0 Å². The van der Waals surface area contributed by atoms with Crippen LogP contribution in [0.1, 0.15) is 0 Å². The Morgan fingerprint density at radius 2 is 0.745 bits per heavy atom. The highest BCUT2D eigenvalue weighted by atomic mass is 16.3. The zero-order valence-electron chi connectivity index (χ0n) is 29.7. The van der Waals surface area contributed by atoms with Gasteiger partial charge in [0.05, 0.1) is 11.4 Å². The van der Waals surface area contributed by atoms with Gasteiger partial charge in [-0.05, 0) is 58.7 Å². The predicted molar refractivity (Wildman–Crippen MR) is 223 cm³/mol. The molecule has 0 bridgehead atoms. The maximum absolute atomic E-state index is 6.43. The Balaban J connectivity index is 1.04. The van der Waals surface area contributed by atoms with E-state index in [-0.39, 0.29) is 0 Å². The number of nitrogens with zero attached hydrogens (tertiary/aromatic N) is 4. The summed E-state index contributed by atoms with van der Waals surface area (Å²) in [6.07, 6.45) is 0. The molecule has 0 saturated heterocycles.